The van der Waals surface area contributed by atoms with Gasteiger partial charge in [0.2, 0.25) is 5.91 Å². The molecule has 7 nitrogen and oxygen atoms in total. The molecular formula is C23H32N4O3. The standard InChI is InChI=1S/C23H32N4O3/c1-5-24-23(25-14-18-8-6-10-20(12-18)27-17(4)28)26-15-22(29)19-9-7-11-21(13-19)30-16(2)3/h6-13,16,22,29H,5,14-15H2,1-4H3,(H,27,28)(H2,24,25,26). The lowest BCUT2D eigenvalue weighted by atomic mass is 10.1. The molecule has 1 atom stereocenters. The minimum atomic E-state index is -0.701. The van der Waals surface area contributed by atoms with Crippen molar-refractivity contribution < 1.29 is 14.6 Å². The van der Waals surface area contributed by atoms with Crippen LogP contribution in [-0.2, 0) is 11.3 Å². The Kier molecular flexibility index (Phi) is 9.15. The molecule has 0 saturated carbocycles. The average molecular weight is 413 g/mol. The fraction of sp³-hybridized carbons (Fsp3) is 0.391. The Bertz CT molecular complexity index is 852. The van der Waals surface area contributed by atoms with Crippen LogP contribution in [0.2, 0.25) is 0 Å². The number of carbonyl (C=O) groups is 1. The number of rotatable bonds is 9. The summed E-state index contributed by atoms with van der Waals surface area (Å²) in [5.41, 5.74) is 2.49. The van der Waals surface area contributed by atoms with E-state index in [1.54, 1.807) is 0 Å². The molecule has 0 saturated heterocycles. The van der Waals surface area contributed by atoms with Crippen LogP contribution in [0, 0.1) is 0 Å². The first-order valence-corrected chi connectivity index (χ1v) is 10.2. The molecule has 0 spiro atoms. The lowest BCUT2D eigenvalue weighted by molar-refractivity contribution is -0.114. The van der Waals surface area contributed by atoms with Gasteiger partial charge in [0.1, 0.15) is 5.75 Å². The number of benzene rings is 2. The molecule has 0 aromatic heterocycles. The number of guanidine groups is 1. The summed E-state index contributed by atoms with van der Waals surface area (Å²) in [5, 5.41) is 19.7. The van der Waals surface area contributed by atoms with Crippen molar-refractivity contribution in [1.29, 1.82) is 0 Å². The number of aliphatic imine (C=N–C) groups is 1. The summed E-state index contributed by atoms with van der Waals surface area (Å²) in [6.45, 7) is 8.85. The molecule has 0 fully saturated rings. The Morgan fingerprint density at radius 3 is 2.60 bits per heavy atom. The summed E-state index contributed by atoms with van der Waals surface area (Å²) >= 11 is 0. The van der Waals surface area contributed by atoms with Gasteiger partial charge in [-0.3, -0.25) is 4.79 Å². The van der Waals surface area contributed by atoms with Crippen molar-refractivity contribution >= 4 is 17.6 Å². The van der Waals surface area contributed by atoms with Crippen molar-refractivity contribution in [2.24, 2.45) is 4.99 Å². The average Bonchev–Trinajstić information content (AvgIpc) is 2.69. The van der Waals surface area contributed by atoms with Gasteiger partial charge in [-0.15, -0.1) is 0 Å². The second kappa shape index (κ2) is 11.8. The maximum atomic E-state index is 11.2. The van der Waals surface area contributed by atoms with E-state index in [4.69, 9.17) is 4.74 Å². The van der Waals surface area contributed by atoms with E-state index in [0.717, 1.165) is 22.6 Å². The van der Waals surface area contributed by atoms with Gasteiger partial charge < -0.3 is 25.8 Å². The SMILES string of the molecule is CCNC(=NCc1cccc(NC(C)=O)c1)NCC(O)c1cccc(OC(C)C)c1. The summed E-state index contributed by atoms with van der Waals surface area (Å²) in [4.78, 5) is 15.8. The number of nitrogens with one attached hydrogen (secondary N) is 3. The molecule has 7 heteroatoms. The van der Waals surface area contributed by atoms with Crippen molar-refractivity contribution in [2.45, 2.75) is 46.4 Å². The van der Waals surface area contributed by atoms with Gasteiger partial charge in [0, 0.05) is 25.7 Å². The van der Waals surface area contributed by atoms with E-state index >= 15 is 0 Å². The van der Waals surface area contributed by atoms with Gasteiger partial charge in [-0.05, 0) is 56.2 Å². The highest BCUT2D eigenvalue weighted by atomic mass is 16.5. The van der Waals surface area contributed by atoms with Gasteiger partial charge in [-0.2, -0.15) is 0 Å². The maximum absolute atomic E-state index is 11.2. The monoisotopic (exact) mass is 412 g/mol. The first-order chi connectivity index (χ1) is 14.4. The molecule has 0 bridgehead atoms. The zero-order chi connectivity index (χ0) is 21.9. The van der Waals surface area contributed by atoms with Gasteiger partial charge in [0.05, 0.1) is 18.8 Å². The molecule has 0 radical (unpaired) electrons. The summed E-state index contributed by atoms with van der Waals surface area (Å²) in [5.74, 6) is 1.24. The highest BCUT2D eigenvalue weighted by molar-refractivity contribution is 5.88. The third-order valence-electron chi connectivity index (χ3n) is 4.09. The van der Waals surface area contributed by atoms with Crippen LogP contribution < -0.4 is 20.7 Å². The fourth-order valence-corrected chi connectivity index (χ4v) is 2.84. The molecule has 30 heavy (non-hydrogen) atoms. The Labute approximate surface area is 178 Å². The minimum absolute atomic E-state index is 0.0761. The molecule has 0 aliphatic carbocycles. The number of hydrogen-bond donors (Lipinski definition) is 4. The fourth-order valence-electron chi connectivity index (χ4n) is 2.84. The third kappa shape index (κ3) is 8.13. The molecule has 2 aromatic carbocycles. The van der Waals surface area contributed by atoms with Crippen LogP contribution in [0.25, 0.3) is 0 Å². The Balaban J connectivity index is 1.99. The zero-order valence-corrected chi connectivity index (χ0v) is 18.1. The molecule has 2 aromatic rings. The van der Waals surface area contributed by atoms with Gasteiger partial charge in [-0.25, -0.2) is 4.99 Å². The number of aliphatic hydroxyl groups is 1. The Morgan fingerprint density at radius 1 is 1.13 bits per heavy atom. The van der Waals surface area contributed by atoms with E-state index in [1.165, 1.54) is 6.92 Å². The molecule has 2 rings (SSSR count). The van der Waals surface area contributed by atoms with Gasteiger partial charge in [0.15, 0.2) is 5.96 Å². The molecule has 0 aliphatic rings. The normalized spacial score (nSPS) is 12.4. The van der Waals surface area contributed by atoms with Crippen LogP contribution in [0.5, 0.6) is 5.75 Å². The molecule has 162 valence electrons. The van der Waals surface area contributed by atoms with E-state index in [1.807, 2.05) is 69.3 Å². The van der Waals surface area contributed by atoms with Crippen LogP contribution in [-0.4, -0.2) is 36.2 Å². The van der Waals surface area contributed by atoms with Gasteiger partial charge in [0.25, 0.3) is 0 Å². The smallest absolute Gasteiger partial charge is 0.221 e. The Morgan fingerprint density at radius 2 is 1.90 bits per heavy atom. The van der Waals surface area contributed by atoms with Crippen molar-refractivity contribution in [2.75, 3.05) is 18.4 Å². The second-order valence-corrected chi connectivity index (χ2v) is 7.21. The van der Waals surface area contributed by atoms with Crippen LogP contribution in [0.1, 0.15) is 44.9 Å². The van der Waals surface area contributed by atoms with Crippen LogP contribution >= 0.6 is 0 Å². The number of ether oxygens (including phenoxy) is 1. The van der Waals surface area contributed by atoms with E-state index in [2.05, 4.69) is 20.9 Å². The lowest BCUT2D eigenvalue weighted by Gasteiger charge is -2.17. The number of amides is 1. The summed E-state index contributed by atoms with van der Waals surface area (Å²) < 4.78 is 5.70. The van der Waals surface area contributed by atoms with E-state index in [-0.39, 0.29) is 12.0 Å². The Hall–Kier alpha value is -3.06. The van der Waals surface area contributed by atoms with Crippen LogP contribution in [0.15, 0.2) is 53.5 Å². The van der Waals surface area contributed by atoms with E-state index in [0.29, 0.717) is 25.6 Å². The molecule has 0 heterocycles. The first-order valence-electron chi connectivity index (χ1n) is 10.2. The summed E-state index contributed by atoms with van der Waals surface area (Å²) in [6, 6.07) is 15.0. The largest absolute Gasteiger partial charge is 0.491 e. The number of nitrogens with zero attached hydrogens (tertiary/aromatic N) is 1. The summed E-state index contributed by atoms with van der Waals surface area (Å²) in [6.07, 6.45) is -0.625. The summed E-state index contributed by atoms with van der Waals surface area (Å²) in [7, 11) is 0. The number of carbonyl (C=O) groups excluding carboxylic acids is 1. The molecule has 1 unspecified atom stereocenters. The number of hydrogen-bond acceptors (Lipinski definition) is 4. The minimum Gasteiger partial charge on any atom is -0.491 e. The van der Waals surface area contributed by atoms with Crippen LogP contribution in [0.3, 0.4) is 0 Å². The third-order valence-corrected chi connectivity index (χ3v) is 4.09. The quantitative estimate of drug-likeness (QED) is 0.375. The van der Waals surface area contributed by atoms with Crippen molar-refractivity contribution in [3.63, 3.8) is 0 Å². The highest BCUT2D eigenvalue weighted by Crippen LogP contribution is 2.20. The topological polar surface area (TPSA) is 95.0 Å². The van der Waals surface area contributed by atoms with Crippen molar-refractivity contribution in [3.8, 4) is 5.75 Å². The predicted molar refractivity (Wildman–Crippen MR) is 121 cm³/mol. The maximum Gasteiger partial charge on any atom is 0.221 e. The first kappa shape index (κ1) is 23.2. The second-order valence-electron chi connectivity index (χ2n) is 7.21. The van der Waals surface area contributed by atoms with E-state index < -0.39 is 6.10 Å². The highest BCUT2D eigenvalue weighted by Gasteiger charge is 2.10. The van der Waals surface area contributed by atoms with Crippen molar-refractivity contribution in [3.05, 3.63) is 59.7 Å². The zero-order valence-electron chi connectivity index (χ0n) is 18.1. The predicted octanol–water partition coefficient (Wildman–Crippen LogP) is 3.22. The lowest BCUT2D eigenvalue weighted by Crippen LogP contribution is -2.39. The van der Waals surface area contributed by atoms with Crippen LogP contribution in [0.4, 0.5) is 5.69 Å². The molecular weight excluding hydrogens is 380 g/mol. The number of aliphatic hydroxyl groups excluding tert-OH is 1. The van der Waals surface area contributed by atoms with Gasteiger partial charge in [-0.1, -0.05) is 24.3 Å². The molecule has 0 aliphatic heterocycles. The number of anilines is 1. The van der Waals surface area contributed by atoms with E-state index in [9.17, 15) is 9.90 Å². The van der Waals surface area contributed by atoms with Gasteiger partial charge >= 0.3 is 0 Å². The molecule has 4 N–H and O–H groups in total. The van der Waals surface area contributed by atoms with Crippen molar-refractivity contribution in [1.82, 2.24) is 10.6 Å². The molecule has 1 amide bonds.